The molecule has 0 aliphatic heterocycles. The number of benzene rings is 1. The number of rotatable bonds is 3. The van der Waals surface area contributed by atoms with Gasteiger partial charge in [-0.05, 0) is 0 Å². The molecule has 0 radical (unpaired) electrons. The van der Waals surface area contributed by atoms with Gasteiger partial charge in [0.15, 0.2) is 0 Å². The van der Waals surface area contributed by atoms with Crippen molar-refractivity contribution in [2.45, 2.75) is 32.8 Å². The van der Waals surface area contributed by atoms with E-state index in [1.165, 1.54) is 22.3 Å². The first kappa shape index (κ1) is 19.0. The van der Waals surface area contributed by atoms with Crippen molar-refractivity contribution in [2.24, 2.45) is 0 Å². The third-order valence-electron chi connectivity index (χ3n) is 3.22. The van der Waals surface area contributed by atoms with Gasteiger partial charge in [0.05, 0.1) is 0 Å². The van der Waals surface area contributed by atoms with Gasteiger partial charge in [-0.25, -0.2) is 0 Å². The molecule has 0 unspecified atom stereocenters. The Morgan fingerprint density at radius 2 is 1.79 bits per heavy atom. The maximum absolute atomic E-state index is 5.61. The first-order chi connectivity index (χ1) is 8.04. The zero-order chi connectivity index (χ0) is 12.5. The van der Waals surface area contributed by atoms with Gasteiger partial charge in [-0.2, -0.15) is 0 Å². The Morgan fingerprint density at radius 1 is 1.16 bits per heavy atom. The maximum atomic E-state index is 5.61. The van der Waals surface area contributed by atoms with Crippen LogP contribution in [0.25, 0.3) is 5.57 Å². The summed E-state index contributed by atoms with van der Waals surface area (Å²) in [5.74, 6) is 0. The van der Waals surface area contributed by atoms with Crippen LogP contribution < -0.4 is 24.8 Å². The first-order valence-corrected chi connectivity index (χ1v) is 6.50. The minimum Gasteiger partial charge on any atom is -1.00 e. The number of halogens is 2. The monoisotopic (exact) mass is 331 g/mol. The summed E-state index contributed by atoms with van der Waals surface area (Å²) in [6.45, 7) is 6.38. The van der Waals surface area contributed by atoms with Gasteiger partial charge in [0.2, 0.25) is 0 Å². The molecule has 4 heteroatoms. The van der Waals surface area contributed by atoms with E-state index in [1.807, 2.05) is 0 Å². The third-order valence-corrected chi connectivity index (χ3v) is 4.02. The molecule has 0 fully saturated rings. The fourth-order valence-electron chi connectivity index (χ4n) is 2.19. The average molecular weight is 332 g/mol. The molecule has 1 aromatic carbocycles. The second-order valence-electron chi connectivity index (χ2n) is 4.98. The SMILES string of the molecule is CC1=CCC(c2ccccc2C(C)(C)[O][Ti+2])=C1.[Cl-].[Cl-]. The zero-order valence-electron chi connectivity index (χ0n) is 11.3. The van der Waals surface area contributed by atoms with Crippen LogP contribution in [0.3, 0.4) is 0 Å². The quantitative estimate of drug-likeness (QED) is 0.590. The van der Waals surface area contributed by atoms with Gasteiger partial charge in [0.1, 0.15) is 0 Å². The maximum Gasteiger partial charge on any atom is -1.00 e. The van der Waals surface area contributed by atoms with Crippen LogP contribution in [-0.4, -0.2) is 0 Å². The number of hydrogen-bond donors (Lipinski definition) is 0. The predicted molar refractivity (Wildman–Crippen MR) is 66.9 cm³/mol. The van der Waals surface area contributed by atoms with Gasteiger partial charge in [-0.15, -0.1) is 0 Å². The normalized spacial score (nSPS) is 14.2. The molecule has 0 atom stereocenters. The Morgan fingerprint density at radius 3 is 2.32 bits per heavy atom. The zero-order valence-corrected chi connectivity index (χ0v) is 14.4. The van der Waals surface area contributed by atoms with E-state index in [2.05, 4.69) is 57.2 Å². The molecule has 2 rings (SSSR count). The van der Waals surface area contributed by atoms with Crippen LogP contribution >= 0.6 is 0 Å². The Bertz CT molecular complexity index is 493. The molecule has 1 aliphatic carbocycles. The van der Waals surface area contributed by atoms with E-state index in [0.717, 1.165) is 6.42 Å². The predicted octanol–water partition coefficient (Wildman–Crippen LogP) is -1.86. The summed E-state index contributed by atoms with van der Waals surface area (Å²) in [5.41, 5.74) is 5.08. The third kappa shape index (κ3) is 4.21. The van der Waals surface area contributed by atoms with Gasteiger partial charge in [-0.3, -0.25) is 0 Å². The van der Waals surface area contributed by atoms with E-state index < -0.39 is 0 Å². The molecule has 0 heterocycles. The number of allylic oxidation sites excluding steroid dienone is 4. The summed E-state index contributed by atoms with van der Waals surface area (Å²) in [4.78, 5) is 0. The second kappa shape index (κ2) is 7.66. The van der Waals surface area contributed by atoms with Crippen molar-refractivity contribution in [1.82, 2.24) is 0 Å². The van der Waals surface area contributed by atoms with Crippen molar-refractivity contribution >= 4 is 5.57 Å². The van der Waals surface area contributed by atoms with Crippen LogP contribution in [0.2, 0.25) is 0 Å². The standard InChI is InChI=1S/C15H17O.2ClH.Ti/c1-11-8-9-12(10-11)13-6-4-5-7-14(13)15(2,3)16;;;/h4-8,10H,9H2,1-3H3;2*1H;/q-1;;;+3/p-2. The smallest absolute Gasteiger partial charge is 1.00 e. The summed E-state index contributed by atoms with van der Waals surface area (Å²) < 4.78 is 5.61. The van der Waals surface area contributed by atoms with E-state index >= 15 is 0 Å². The molecular weight excluding hydrogens is 315 g/mol. The van der Waals surface area contributed by atoms with Gasteiger partial charge in [0.25, 0.3) is 0 Å². The molecule has 1 aliphatic rings. The fourth-order valence-corrected chi connectivity index (χ4v) is 2.37. The molecular formula is C15H17Cl2OTi. The van der Waals surface area contributed by atoms with Gasteiger partial charge >= 0.3 is 116 Å². The van der Waals surface area contributed by atoms with Crippen LogP contribution in [0, 0.1) is 0 Å². The van der Waals surface area contributed by atoms with Crippen LogP contribution in [0.4, 0.5) is 0 Å². The summed E-state index contributed by atoms with van der Waals surface area (Å²) in [6, 6.07) is 8.52. The van der Waals surface area contributed by atoms with E-state index in [-0.39, 0.29) is 30.4 Å². The molecule has 1 aromatic rings. The molecule has 0 aromatic heterocycles. The van der Waals surface area contributed by atoms with E-state index in [4.69, 9.17) is 3.32 Å². The molecule has 101 valence electrons. The van der Waals surface area contributed by atoms with Gasteiger partial charge in [0, 0.05) is 0 Å². The minimum absolute atomic E-state index is 0. The van der Waals surface area contributed by atoms with Crippen molar-refractivity contribution in [3.8, 4) is 0 Å². The van der Waals surface area contributed by atoms with Crippen LogP contribution in [0.1, 0.15) is 38.3 Å². The fraction of sp³-hybridized carbons (Fsp3) is 0.333. The van der Waals surface area contributed by atoms with Crippen molar-refractivity contribution < 1.29 is 49.0 Å². The summed E-state index contributed by atoms with van der Waals surface area (Å²) >= 11 is 1.77. The average Bonchev–Trinajstić information content (AvgIpc) is 2.76. The second-order valence-corrected chi connectivity index (χ2v) is 5.30. The topological polar surface area (TPSA) is 9.23 Å². The van der Waals surface area contributed by atoms with Crippen molar-refractivity contribution in [3.05, 3.63) is 53.1 Å². The summed E-state index contributed by atoms with van der Waals surface area (Å²) in [5, 5.41) is 0. The Balaban J connectivity index is 0.00000162. The molecule has 0 saturated carbocycles. The van der Waals surface area contributed by atoms with Crippen molar-refractivity contribution in [3.63, 3.8) is 0 Å². The van der Waals surface area contributed by atoms with Crippen LogP contribution in [-0.2, 0) is 29.7 Å². The molecule has 1 nitrogen and oxygen atoms in total. The largest absolute Gasteiger partial charge is 1.00 e. The Labute approximate surface area is 140 Å². The molecule has 0 amide bonds. The summed E-state index contributed by atoms with van der Waals surface area (Å²) in [6.07, 6.45) is 5.57. The van der Waals surface area contributed by atoms with E-state index in [1.54, 1.807) is 20.8 Å². The Kier molecular flexibility index (Phi) is 7.64. The first-order valence-electron chi connectivity index (χ1n) is 5.86. The molecule has 0 saturated heterocycles. The molecule has 0 bridgehead atoms. The molecule has 19 heavy (non-hydrogen) atoms. The van der Waals surface area contributed by atoms with Gasteiger partial charge in [-0.1, -0.05) is 0 Å². The van der Waals surface area contributed by atoms with Crippen molar-refractivity contribution in [2.75, 3.05) is 0 Å². The van der Waals surface area contributed by atoms with Gasteiger partial charge < -0.3 is 24.8 Å². The van der Waals surface area contributed by atoms with E-state index in [9.17, 15) is 0 Å². The number of hydrogen-bond acceptors (Lipinski definition) is 1. The van der Waals surface area contributed by atoms with E-state index in [0.29, 0.717) is 0 Å². The Hall–Kier alpha value is -0.0457. The van der Waals surface area contributed by atoms with Crippen LogP contribution in [0.5, 0.6) is 0 Å². The van der Waals surface area contributed by atoms with Crippen molar-refractivity contribution in [1.29, 1.82) is 0 Å². The minimum atomic E-state index is -0.242. The van der Waals surface area contributed by atoms with Crippen LogP contribution in [0.15, 0.2) is 42.0 Å². The molecule has 0 N–H and O–H groups in total. The molecule has 0 spiro atoms. The summed E-state index contributed by atoms with van der Waals surface area (Å²) in [7, 11) is 0.